The minimum Gasteiger partial charge on any atom is -0.481 e. The molecule has 0 saturated heterocycles. The van der Waals surface area contributed by atoms with Crippen LogP contribution < -0.4 is 5.32 Å². The van der Waals surface area contributed by atoms with Crippen molar-refractivity contribution in [1.29, 1.82) is 0 Å². The van der Waals surface area contributed by atoms with Crippen LogP contribution in [0.25, 0.3) is 0 Å². The molecule has 1 heterocycles. The van der Waals surface area contributed by atoms with E-state index in [4.69, 9.17) is 16.7 Å². The molecule has 0 bridgehead atoms. The first kappa shape index (κ1) is 23.7. The van der Waals surface area contributed by atoms with Crippen LogP contribution in [0.15, 0.2) is 47.0 Å². The second-order valence-corrected chi connectivity index (χ2v) is 9.07. The summed E-state index contributed by atoms with van der Waals surface area (Å²) in [6.45, 7) is 6.42. The van der Waals surface area contributed by atoms with Crippen molar-refractivity contribution in [2.45, 2.75) is 45.7 Å². The minimum atomic E-state index is -0.949. The molecule has 1 unspecified atom stereocenters. The fourth-order valence-electron chi connectivity index (χ4n) is 3.92. The Labute approximate surface area is 192 Å². The van der Waals surface area contributed by atoms with Crippen molar-refractivity contribution < 1.29 is 19.5 Å². The van der Waals surface area contributed by atoms with E-state index in [1.807, 2.05) is 45.1 Å². The molecule has 0 aromatic heterocycles. The van der Waals surface area contributed by atoms with Gasteiger partial charge in [-0.1, -0.05) is 29.8 Å². The zero-order chi connectivity index (χ0) is 23.5. The highest BCUT2D eigenvalue weighted by Crippen LogP contribution is 2.29. The first-order valence-corrected chi connectivity index (χ1v) is 11.0. The summed E-state index contributed by atoms with van der Waals surface area (Å²) in [6.07, 6.45) is 6.91. The molecule has 1 aromatic carbocycles. The molecular weight excluding hydrogens is 430 g/mol. The van der Waals surface area contributed by atoms with E-state index in [0.717, 1.165) is 17.5 Å². The highest BCUT2D eigenvalue weighted by molar-refractivity contribution is 6.47. The Balaban J connectivity index is 1.57. The number of aliphatic carboxylic acids is 1. The number of benzene rings is 1. The number of hydrogen-bond donors (Lipinski definition) is 2. The summed E-state index contributed by atoms with van der Waals surface area (Å²) in [6, 6.07) is 5.53. The normalized spacial score (nSPS) is 19.6. The summed E-state index contributed by atoms with van der Waals surface area (Å²) in [5, 5.41) is 11.8. The second-order valence-electron chi connectivity index (χ2n) is 8.63. The summed E-state index contributed by atoms with van der Waals surface area (Å²) >= 11 is 6.17. The minimum absolute atomic E-state index is 0.101. The van der Waals surface area contributed by atoms with Gasteiger partial charge in [0.2, 0.25) is 0 Å². The maximum absolute atomic E-state index is 13.1. The number of allylic oxidation sites excluding steroid dienone is 2. The van der Waals surface area contributed by atoms with Gasteiger partial charge < -0.3 is 15.3 Å². The van der Waals surface area contributed by atoms with Crippen LogP contribution >= 0.6 is 11.6 Å². The van der Waals surface area contributed by atoms with Gasteiger partial charge in [0.25, 0.3) is 11.8 Å². The van der Waals surface area contributed by atoms with E-state index in [1.165, 1.54) is 0 Å². The lowest BCUT2D eigenvalue weighted by atomic mass is 9.93. The number of carbonyl (C=O) groups excluding carboxylic acids is 2. The number of amides is 2. The van der Waals surface area contributed by atoms with Crippen molar-refractivity contribution in [2.24, 2.45) is 10.9 Å². The quantitative estimate of drug-likeness (QED) is 0.624. The molecule has 1 aliphatic heterocycles. The lowest BCUT2D eigenvalue weighted by Crippen LogP contribution is -2.43. The van der Waals surface area contributed by atoms with E-state index >= 15 is 0 Å². The van der Waals surface area contributed by atoms with Gasteiger partial charge in [-0.25, -0.2) is 0 Å². The molecule has 0 spiro atoms. The van der Waals surface area contributed by atoms with Crippen LogP contribution in [0.4, 0.5) is 0 Å². The van der Waals surface area contributed by atoms with E-state index in [2.05, 4.69) is 10.3 Å². The van der Waals surface area contributed by atoms with Crippen LogP contribution in [0.1, 0.15) is 44.2 Å². The first-order valence-electron chi connectivity index (χ1n) is 10.6. The van der Waals surface area contributed by atoms with E-state index in [1.54, 1.807) is 17.0 Å². The molecule has 2 aliphatic rings. The smallest absolute Gasteiger partial charge is 0.305 e. The fourth-order valence-corrected chi connectivity index (χ4v) is 4.21. The van der Waals surface area contributed by atoms with Crippen molar-refractivity contribution in [2.75, 3.05) is 13.1 Å². The first-order chi connectivity index (χ1) is 15.1. The summed E-state index contributed by atoms with van der Waals surface area (Å²) in [5.41, 5.74) is 2.02. The Kier molecular flexibility index (Phi) is 7.19. The lowest BCUT2D eigenvalue weighted by molar-refractivity contribution is -0.137. The molecule has 2 N–H and O–H groups in total. The number of aliphatic imine (C=N–C) groups is 1. The average Bonchev–Trinajstić information content (AvgIpc) is 2.94. The molecule has 3 rings (SSSR count). The average molecular weight is 458 g/mol. The fraction of sp³-hybridized carbons (Fsp3) is 0.417. The Bertz CT molecular complexity index is 1010. The van der Waals surface area contributed by atoms with Crippen LogP contribution in [0, 0.1) is 12.8 Å². The largest absolute Gasteiger partial charge is 0.481 e. The molecule has 7 nitrogen and oxygen atoms in total. The summed E-state index contributed by atoms with van der Waals surface area (Å²) in [5.74, 6) is -1.13. The number of aryl methyl sites for hydroxylation is 1. The molecule has 8 heteroatoms. The second kappa shape index (κ2) is 9.69. The SMILES string of the molecule is Cc1cc(Cl)cc(C2=NC(C)(C)N(CCC3C=CC(C(=O)NCCC(=O)O)=CC3)C2=O)c1. The zero-order valence-corrected chi connectivity index (χ0v) is 19.3. The molecule has 0 fully saturated rings. The van der Waals surface area contributed by atoms with Crippen molar-refractivity contribution in [3.63, 3.8) is 0 Å². The Morgan fingerprint density at radius 3 is 2.69 bits per heavy atom. The molecule has 2 amide bonds. The molecule has 1 aromatic rings. The molecule has 170 valence electrons. The van der Waals surface area contributed by atoms with Gasteiger partial charge in [-0.3, -0.25) is 19.4 Å². The topological polar surface area (TPSA) is 99.1 Å². The van der Waals surface area contributed by atoms with Crippen LogP contribution in [0.2, 0.25) is 5.02 Å². The van der Waals surface area contributed by atoms with E-state index in [0.29, 0.717) is 29.3 Å². The number of carbonyl (C=O) groups is 3. The Hall–Kier alpha value is -2.93. The third-order valence-electron chi connectivity index (χ3n) is 5.61. The zero-order valence-electron chi connectivity index (χ0n) is 18.5. The Morgan fingerprint density at radius 2 is 2.06 bits per heavy atom. The highest BCUT2D eigenvalue weighted by atomic mass is 35.5. The molecular formula is C24H28ClN3O4. The van der Waals surface area contributed by atoms with Crippen molar-refractivity contribution in [3.8, 4) is 0 Å². The molecule has 0 radical (unpaired) electrons. The standard InChI is InChI=1S/C24H28ClN3O4/c1-15-12-18(14-19(25)13-15)21-23(32)28(24(2,3)27-21)11-9-16-4-6-17(7-5-16)22(31)26-10-8-20(29)30/h4,6-7,12-14,16H,5,8-11H2,1-3H3,(H,26,31)(H,29,30). The number of rotatable bonds is 8. The van der Waals surface area contributed by atoms with Gasteiger partial charge in [0.1, 0.15) is 11.4 Å². The van der Waals surface area contributed by atoms with Crippen LogP contribution in [-0.2, 0) is 14.4 Å². The maximum atomic E-state index is 13.1. The summed E-state index contributed by atoms with van der Waals surface area (Å²) in [7, 11) is 0. The van der Waals surface area contributed by atoms with E-state index < -0.39 is 11.6 Å². The van der Waals surface area contributed by atoms with Crippen molar-refractivity contribution in [1.82, 2.24) is 10.2 Å². The molecule has 32 heavy (non-hydrogen) atoms. The number of nitrogens with one attached hydrogen (secondary N) is 1. The molecule has 1 aliphatic carbocycles. The van der Waals surface area contributed by atoms with Crippen molar-refractivity contribution >= 4 is 35.1 Å². The number of carboxylic acid groups (broad SMARTS) is 1. The van der Waals surface area contributed by atoms with Gasteiger partial charge in [-0.2, -0.15) is 0 Å². The van der Waals surface area contributed by atoms with Crippen molar-refractivity contribution in [3.05, 3.63) is 58.1 Å². The summed E-state index contributed by atoms with van der Waals surface area (Å²) < 4.78 is 0. The predicted octanol–water partition coefficient (Wildman–Crippen LogP) is 3.50. The highest BCUT2D eigenvalue weighted by Gasteiger charge is 2.40. The van der Waals surface area contributed by atoms with Crippen LogP contribution in [0.3, 0.4) is 0 Å². The third kappa shape index (κ3) is 5.65. The van der Waals surface area contributed by atoms with E-state index in [9.17, 15) is 14.4 Å². The maximum Gasteiger partial charge on any atom is 0.305 e. The molecule has 0 saturated carbocycles. The van der Waals surface area contributed by atoms with E-state index in [-0.39, 0.29) is 30.7 Å². The van der Waals surface area contributed by atoms with Gasteiger partial charge in [0, 0.05) is 29.2 Å². The Morgan fingerprint density at radius 1 is 1.31 bits per heavy atom. The monoisotopic (exact) mass is 457 g/mol. The molecule has 1 atom stereocenters. The van der Waals surface area contributed by atoms with Gasteiger partial charge >= 0.3 is 5.97 Å². The van der Waals surface area contributed by atoms with Crippen LogP contribution in [-0.4, -0.2) is 52.3 Å². The van der Waals surface area contributed by atoms with Gasteiger partial charge in [0.15, 0.2) is 0 Å². The van der Waals surface area contributed by atoms with Gasteiger partial charge in [0.05, 0.1) is 6.42 Å². The summed E-state index contributed by atoms with van der Waals surface area (Å²) in [4.78, 5) is 42.3. The number of nitrogens with zero attached hydrogens (tertiary/aromatic N) is 2. The number of carboxylic acids is 1. The van der Waals surface area contributed by atoms with Gasteiger partial charge in [-0.15, -0.1) is 0 Å². The third-order valence-corrected chi connectivity index (χ3v) is 5.83. The lowest BCUT2D eigenvalue weighted by Gasteiger charge is -2.30. The predicted molar refractivity (Wildman–Crippen MR) is 124 cm³/mol. The number of hydrogen-bond acceptors (Lipinski definition) is 4. The number of halogens is 1. The van der Waals surface area contributed by atoms with Gasteiger partial charge in [-0.05, 0) is 63.3 Å². The van der Waals surface area contributed by atoms with Crippen LogP contribution in [0.5, 0.6) is 0 Å².